The maximum Gasteiger partial charge on any atom is 0.107 e. The number of nitrogens with zero attached hydrogens (tertiary/aromatic N) is 1. The second kappa shape index (κ2) is 7.25. The maximum absolute atomic E-state index is 5.53. The van der Waals surface area contributed by atoms with Crippen LogP contribution in [-0.2, 0) is 6.42 Å². The summed E-state index contributed by atoms with van der Waals surface area (Å²) in [5, 5.41) is 0. The minimum Gasteiger partial charge on any atom is -0.345 e. The van der Waals surface area contributed by atoms with Gasteiger partial charge in [-0.1, -0.05) is 50.6 Å². The molecule has 20 heavy (non-hydrogen) atoms. The molecule has 1 heterocycles. The zero-order valence-electron chi connectivity index (χ0n) is 12.5. The lowest BCUT2D eigenvalue weighted by molar-refractivity contribution is 0.671. The summed E-state index contributed by atoms with van der Waals surface area (Å²) in [7, 11) is 0. The van der Waals surface area contributed by atoms with E-state index in [1.54, 1.807) is 0 Å². The van der Waals surface area contributed by atoms with Gasteiger partial charge in [0.05, 0.1) is 5.69 Å². The van der Waals surface area contributed by atoms with Crippen molar-refractivity contribution in [2.45, 2.75) is 45.4 Å². The molecule has 0 unspecified atom stereocenters. The van der Waals surface area contributed by atoms with Crippen LogP contribution in [-0.4, -0.2) is 16.5 Å². The summed E-state index contributed by atoms with van der Waals surface area (Å²) in [4.78, 5) is 8.33. The SMILES string of the molecule is CC(C)c1[nH]c(CCCCCN)nc1-c1ccccc1. The van der Waals surface area contributed by atoms with Crippen LogP contribution in [0.25, 0.3) is 11.3 Å². The van der Waals surface area contributed by atoms with Gasteiger partial charge in [0.2, 0.25) is 0 Å². The first-order valence-electron chi connectivity index (χ1n) is 7.56. The molecule has 0 aliphatic carbocycles. The molecule has 0 fully saturated rings. The average Bonchev–Trinajstić information content (AvgIpc) is 2.89. The number of imidazole rings is 1. The van der Waals surface area contributed by atoms with Gasteiger partial charge in [0.1, 0.15) is 5.82 Å². The molecule has 3 nitrogen and oxygen atoms in total. The second-order valence-corrected chi connectivity index (χ2v) is 5.57. The van der Waals surface area contributed by atoms with E-state index < -0.39 is 0 Å². The molecule has 3 N–H and O–H groups in total. The predicted molar refractivity (Wildman–Crippen MR) is 84.7 cm³/mol. The zero-order chi connectivity index (χ0) is 14.4. The summed E-state index contributed by atoms with van der Waals surface area (Å²) in [6, 6.07) is 10.4. The minimum atomic E-state index is 0.454. The Balaban J connectivity index is 2.16. The molecule has 0 saturated heterocycles. The van der Waals surface area contributed by atoms with Gasteiger partial charge < -0.3 is 10.7 Å². The first kappa shape index (κ1) is 14.8. The van der Waals surface area contributed by atoms with Crippen LogP contribution in [0.4, 0.5) is 0 Å². The third-order valence-electron chi connectivity index (χ3n) is 3.52. The third kappa shape index (κ3) is 3.70. The Bertz CT molecular complexity index is 514. The highest BCUT2D eigenvalue weighted by atomic mass is 14.9. The molecule has 108 valence electrons. The molecular weight excluding hydrogens is 246 g/mol. The number of rotatable bonds is 7. The Kier molecular flexibility index (Phi) is 5.36. The highest BCUT2D eigenvalue weighted by Crippen LogP contribution is 2.27. The Morgan fingerprint density at radius 2 is 1.85 bits per heavy atom. The van der Waals surface area contributed by atoms with E-state index in [1.165, 1.54) is 17.7 Å². The van der Waals surface area contributed by atoms with Gasteiger partial charge in [-0.2, -0.15) is 0 Å². The molecule has 0 radical (unpaired) electrons. The Morgan fingerprint density at radius 3 is 2.50 bits per heavy atom. The van der Waals surface area contributed by atoms with E-state index in [4.69, 9.17) is 10.7 Å². The number of aromatic nitrogens is 2. The van der Waals surface area contributed by atoms with Crippen molar-refractivity contribution in [1.82, 2.24) is 9.97 Å². The van der Waals surface area contributed by atoms with E-state index in [-0.39, 0.29) is 0 Å². The van der Waals surface area contributed by atoms with Crippen LogP contribution in [0.5, 0.6) is 0 Å². The maximum atomic E-state index is 5.53. The van der Waals surface area contributed by atoms with Gasteiger partial charge in [-0.25, -0.2) is 4.98 Å². The van der Waals surface area contributed by atoms with Crippen LogP contribution in [0.2, 0.25) is 0 Å². The van der Waals surface area contributed by atoms with E-state index in [9.17, 15) is 0 Å². The number of unbranched alkanes of at least 4 members (excludes halogenated alkanes) is 2. The highest BCUT2D eigenvalue weighted by molar-refractivity contribution is 5.62. The number of hydrogen-bond acceptors (Lipinski definition) is 2. The van der Waals surface area contributed by atoms with E-state index in [1.807, 2.05) is 6.07 Å². The Morgan fingerprint density at radius 1 is 1.10 bits per heavy atom. The number of hydrogen-bond donors (Lipinski definition) is 2. The molecule has 0 aliphatic heterocycles. The molecule has 0 saturated carbocycles. The number of aromatic amines is 1. The molecule has 0 aliphatic rings. The monoisotopic (exact) mass is 271 g/mol. The van der Waals surface area contributed by atoms with Crippen molar-refractivity contribution in [2.24, 2.45) is 5.73 Å². The Labute approximate surface area is 121 Å². The van der Waals surface area contributed by atoms with E-state index in [2.05, 4.69) is 43.1 Å². The summed E-state index contributed by atoms with van der Waals surface area (Å²) < 4.78 is 0. The van der Waals surface area contributed by atoms with Crippen molar-refractivity contribution in [3.8, 4) is 11.3 Å². The van der Waals surface area contributed by atoms with Gasteiger partial charge in [-0.3, -0.25) is 0 Å². The average molecular weight is 271 g/mol. The van der Waals surface area contributed by atoms with Crippen LogP contribution in [0.1, 0.15) is 50.5 Å². The van der Waals surface area contributed by atoms with Crippen molar-refractivity contribution in [3.05, 3.63) is 41.9 Å². The number of nitrogens with two attached hydrogens (primary N) is 1. The van der Waals surface area contributed by atoms with Gasteiger partial charge in [0, 0.05) is 17.7 Å². The van der Waals surface area contributed by atoms with E-state index in [0.29, 0.717) is 5.92 Å². The smallest absolute Gasteiger partial charge is 0.107 e. The normalized spacial score (nSPS) is 11.2. The Hall–Kier alpha value is -1.61. The summed E-state index contributed by atoms with van der Waals surface area (Å²) in [5.41, 5.74) is 9.07. The minimum absolute atomic E-state index is 0.454. The molecule has 0 amide bonds. The molecule has 0 bridgehead atoms. The molecule has 0 atom stereocenters. The molecule has 1 aromatic carbocycles. The predicted octanol–water partition coefficient (Wildman–Crippen LogP) is 3.87. The second-order valence-electron chi connectivity index (χ2n) is 5.57. The van der Waals surface area contributed by atoms with Gasteiger partial charge in [0.15, 0.2) is 0 Å². The zero-order valence-corrected chi connectivity index (χ0v) is 12.5. The molecule has 0 spiro atoms. The molecule has 2 rings (SSSR count). The lowest BCUT2D eigenvalue weighted by atomic mass is 10.0. The number of H-pyrrole nitrogens is 1. The lowest BCUT2D eigenvalue weighted by Gasteiger charge is -2.05. The standard InChI is InChI=1S/C17H25N3/c1-13(2)16-17(14-9-5-3-6-10-14)20-15(19-16)11-7-4-8-12-18/h3,5-6,9-10,13H,4,7-8,11-12,18H2,1-2H3,(H,19,20). The number of nitrogens with one attached hydrogen (secondary N) is 1. The van der Waals surface area contributed by atoms with Crippen molar-refractivity contribution in [1.29, 1.82) is 0 Å². The van der Waals surface area contributed by atoms with E-state index >= 15 is 0 Å². The lowest BCUT2D eigenvalue weighted by Crippen LogP contribution is -1.98. The fraction of sp³-hybridized carbons (Fsp3) is 0.471. The van der Waals surface area contributed by atoms with E-state index in [0.717, 1.165) is 37.3 Å². The van der Waals surface area contributed by atoms with Crippen LogP contribution in [0, 0.1) is 0 Å². The summed E-state index contributed by atoms with van der Waals surface area (Å²) in [6.07, 6.45) is 4.43. The number of aryl methyl sites for hydroxylation is 1. The summed E-state index contributed by atoms with van der Waals surface area (Å²) in [5.74, 6) is 1.56. The van der Waals surface area contributed by atoms with Crippen LogP contribution >= 0.6 is 0 Å². The fourth-order valence-electron chi connectivity index (χ4n) is 2.40. The largest absolute Gasteiger partial charge is 0.345 e. The van der Waals surface area contributed by atoms with Gasteiger partial charge in [-0.15, -0.1) is 0 Å². The van der Waals surface area contributed by atoms with Crippen molar-refractivity contribution in [3.63, 3.8) is 0 Å². The highest BCUT2D eigenvalue weighted by Gasteiger charge is 2.14. The molecule has 1 aromatic heterocycles. The van der Waals surface area contributed by atoms with Gasteiger partial charge >= 0.3 is 0 Å². The number of benzene rings is 1. The topological polar surface area (TPSA) is 54.7 Å². The van der Waals surface area contributed by atoms with Gasteiger partial charge in [0.25, 0.3) is 0 Å². The summed E-state index contributed by atoms with van der Waals surface area (Å²) in [6.45, 7) is 5.20. The van der Waals surface area contributed by atoms with Crippen molar-refractivity contribution < 1.29 is 0 Å². The molecule has 3 heteroatoms. The van der Waals surface area contributed by atoms with Crippen molar-refractivity contribution in [2.75, 3.05) is 6.54 Å². The summed E-state index contributed by atoms with van der Waals surface area (Å²) >= 11 is 0. The molecule has 2 aromatic rings. The fourth-order valence-corrected chi connectivity index (χ4v) is 2.40. The van der Waals surface area contributed by atoms with Crippen molar-refractivity contribution >= 4 is 0 Å². The first-order chi connectivity index (χ1) is 9.72. The van der Waals surface area contributed by atoms with Crippen LogP contribution in [0.15, 0.2) is 30.3 Å². The molecular formula is C17H25N3. The van der Waals surface area contributed by atoms with Crippen LogP contribution < -0.4 is 5.73 Å². The third-order valence-corrected chi connectivity index (χ3v) is 3.52. The first-order valence-corrected chi connectivity index (χ1v) is 7.56. The van der Waals surface area contributed by atoms with Gasteiger partial charge in [-0.05, 0) is 25.3 Å². The quantitative estimate of drug-likeness (QED) is 0.751. The van der Waals surface area contributed by atoms with Crippen LogP contribution in [0.3, 0.4) is 0 Å².